The summed E-state index contributed by atoms with van der Waals surface area (Å²) in [6.07, 6.45) is 1.49. The third kappa shape index (κ3) is 4.15. The molecule has 3 heterocycles. The Labute approximate surface area is 184 Å². The zero-order valence-corrected chi connectivity index (χ0v) is 18.2. The first-order chi connectivity index (χ1) is 15.1. The number of carbonyl (C=O) groups is 2. The topological polar surface area (TPSA) is 111 Å². The van der Waals surface area contributed by atoms with Crippen LogP contribution in [-0.4, -0.2) is 55.8 Å². The summed E-state index contributed by atoms with van der Waals surface area (Å²) in [5, 5.41) is 20.2. The van der Waals surface area contributed by atoms with Crippen LogP contribution in [0.5, 0.6) is 0 Å². The molecule has 0 saturated carbocycles. The third-order valence-electron chi connectivity index (χ3n) is 6.03. The summed E-state index contributed by atoms with van der Waals surface area (Å²) in [7, 11) is 0. The van der Waals surface area contributed by atoms with Gasteiger partial charge in [-0.05, 0) is 48.1 Å². The van der Waals surface area contributed by atoms with Crippen molar-refractivity contribution < 1.29 is 19.1 Å². The number of H-pyrrole nitrogens is 1. The van der Waals surface area contributed by atoms with Gasteiger partial charge < -0.3 is 15.3 Å². The normalized spacial score (nSPS) is 19.2. The molecule has 3 N–H and O–H groups in total. The number of nitrogens with zero attached hydrogens (tertiary/aromatic N) is 3. The molecule has 2 amide bonds. The molecule has 0 radical (unpaired) electrons. The second-order valence-corrected chi connectivity index (χ2v) is 9.23. The Morgan fingerprint density at radius 3 is 2.75 bits per heavy atom. The van der Waals surface area contributed by atoms with Gasteiger partial charge in [0.15, 0.2) is 5.69 Å². The standard InChI is InChI=1S/C23H26FN5O3/c1-23(2,3)18-12-14(8-10-29(18)22(31)32)26-21(30)19-16-11-13(6-7-17(16)27-28-19)15-5-4-9-25-20(15)24/h4-7,9,11,14,18H,8,10,12H2,1-3H3,(H,26,30)(H,27,28)(H,31,32). The highest BCUT2D eigenvalue weighted by molar-refractivity contribution is 6.05. The molecule has 0 aliphatic carbocycles. The van der Waals surface area contributed by atoms with Gasteiger partial charge >= 0.3 is 6.09 Å². The van der Waals surface area contributed by atoms with E-state index < -0.39 is 12.0 Å². The van der Waals surface area contributed by atoms with E-state index in [0.717, 1.165) is 0 Å². The van der Waals surface area contributed by atoms with Crippen LogP contribution in [0, 0.1) is 11.4 Å². The third-order valence-corrected chi connectivity index (χ3v) is 6.03. The van der Waals surface area contributed by atoms with E-state index in [1.54, 1.807) is 30.3 Å². The first-order valence-electron chi connectivity index (χ1n) is 10.5. The Hall–Kier alpha value is -3.49. The molecule has 2 aromatic heterocycles. The Morgan fingerprint density at radius 2 is 2.06 bits per heavy atom. The van der Waals surface area contributed by atoms with Crippen LogP contribution in [0.25, 0.3) is 22.0 Å². The van der Waals surface area contributed by atoms with Crippen LogP contribution >= 0.6 is 0 Å². The summed E-state index contributed by atoms with van der Waals surface area (Å²) in [5.74, 6) is -0.929. The molecule has 32 heavy (non-hydrogen) atoms. The van der Waals surface area contributed by atoms with Gasteiger partial charge in [0, 0.05) is 35.8 Å². The number of aromatic amines is 1. The van der Waals surface area contributed by atoms with Gasteiger partial charge in [0.2, 0.25) is 5.95 Å². The van der Waals surface area contributed by atoms with Crippen LogP contribution in [-0.2, 0) is 0 Å². The fraction of sp³-hybridized carbons (Fsp3) is 0.391. The molecule has 9 heteroatoms. The van der Waals surface area contributed by atoms with Crippen molar-refractivity contribution >= 4 is 22.9 Å². The Morgan fingerprint density at radius 1 is 1.28 bits per heavy atom. The molecule has 3 aromatic rings. The first-order valence-corrected chi connectivity index (χ1v) is 10.5. The lowest BCUT2D eigenvalue weighted by Crippen LogP contribution is -2.56. The predicted molar refractivity (Wildman–Crippen MR) is 118 cm³/mol. The SMILES string of the molecule is CC(C)(C)C1CC(NC(=O)c2n[nH]c3ccc(-c4cccnc4F)cc23)CCN1C(=O)O. The Bertz CT molecular complexity index is 1170. The van der Waals surface area contributed by atoms with Gasteiger partial charge in [-0.25, -0.2) is 9.78 Å². The van der Waals surface area contributed by atoms with Crippen molar-refractivity contribution in [3.05, 3.63) is 48.2 Å². The summed E-state index contributed by atoms with van der Waals surface area (Å²) >= 11 is 0. The number of hydrogen-bond donors (Lipinski definition) is 3. The van der Waals surface area contributed by atoms with Gasteiger partial charge in [-0.15, -0.1) is 0 Å². The van der Waals surface area contributed by atoms with Crippen molar-refractivity contribution in [3.8, 4) is 11.1 Å². The fourth-order valence-corrected chi connectivity index (χ4v) is 4.36. The second kappa shape index (κ2) is 8.22. The van der Waals surface area contributed by atoms with Crippen molar-refractivity contribution in [2.75, 3.05) is 6.54 Å². The summed E-state index contributed by atoms with van der Waals surface area (Å²) in [6.45, 7) is 6.35. The number of rotatable bonds is 3. The van der Waals surface area contributed by atoms with E-state index in [1.807, 2.05) is 20.8 Å². The maximum absolute atomic E-state index is 14.1. The van der Waals surface area contributed by atoms with Crippen molar-refractivity contribution in [3.63, 3.8) is 0 Å². The van der Waals surface area contributed by atoms with E-state index in [9.17, 15) is 19.1 Å². The molecule has 4 rings (SSSR count). The van der Waals surface area contributed by atoms with Crippen molar-refractivity contribution in [2.45, 2.75) is 45.7 Å². The zero-order valence-electron chi connectivity index (χ0n) is 18.2. The number of aromatic nitrogens is 3. The Balaban J connectivity index is 1.57. The summed E-state index contributed by atoms with van der Waals surface area (Å²) in [6, 6.07) is 8.12. The van der Waals surface area contributed by atoms with E-state index in [-0.39, 0.29) is 29.1 Å². The van der Waals surface area contributed by atoms with Crippen molar-refractivity contribution in [1.82, 2.24) is 25.4 Å². The number of carbonyl (C=O) groups excluding carboxylic acids is 1. The van der Waals surface area contributed by atoms with Crippen LogP contribution in [0.15, 0.2) is 36.5 Å². The summed E-state index contributed by atoms with van der Waals surface area (Å²) < 4.78 is 14.1. The number of fused-ring (bicyclic) bond motifs is 1. The van der Waals surface area contributed by atoms with E-state index in [4.69, 9.17) is 0 Å². The number of benzene rings is 1. The minimum absolute atomic E-state index is 0.173. The van der Waals surface area contributed by atoms with Crippen LogP contribution in [0.4, 0.5) is 9.18 Å². The molecule has 1 aromatic carbocycles. The number of carboxylic acid groups (broad SMARTS) is 1. The van der Waals surface area contributed by atoms with Crippen LogP contribution in [0.2, 0.25) is 0 Å². The molecule has 1 aliphatic heterocycles. The molecule has 1 aliphatic rings. The van der Waals surface area contributed by atoms with E-state index in [0.29, 0.717) is 41.4 Å². The molecule has 2 atom stereocenters. The highest BCUT2D eigenvalue weighted by Gasteiger charge is 2.39. The molecule has 8 nitrogen and oxygen atoms in total. The molecule has 168 valence electrons. The van der Waals surface area contributed by atoms with Gasteiger partial charge in [-0.2, -0.15) is 9.49 Å². The summed E-state index contributed by atoms with van der Waals surface area (Å²) in [4.78, 5) is 29.9. The largest absolute Gasteiger partial charge is 0.465 e. The average molecular weight is 439 g/mol. The minimum atomic E-state index is -0.942. The maximum atomic E-state index is 14.1. The van der Waals surface area contributed by atoms with E-state index >= 15 is 0 Å². The number of pyridine rings is 1. The smallest absolute Gasteiger partial charge is 0.407 e. The van der Waals surface area contributed by atoms with Crippen LogP contribution in [0.3, 0.4) is 0 Å². The number of nitrogens with one attached hydrogen (secondary N) is 2. The first kappa shape index (κ1) is 21.7. The molecular formula is C23H26FN5O3. The van der Waals surface area contributed by atoms with Gasteiger partial charge in [-0.1, -0.05) is 26.8 Å². The Kier molecular flexibility index (Phi) is 5.58. The fourth-order valence-electron chi connectivity index (χ4n) is 4.36. The summed E-state index contributed by atoms with van der Waals surface area (Å²) in [5.41, 5.74) is 1.57. The maximum Gasteiger partial charge on any atom is 0.407 e. The number of amides is 2. The van der Waals surface area contributed by atoms with E-state index in [1.165, 1.54) is 11.1 Å². The molecule has 0 spiro atoms. The molecule has 2 unspecified atom stereocenters. The average Bonchev–Trinajstić information content (AvgIpc) is 3.16. The highest BCUT2D eigenvalue weighted by Crippen LogP contribution is 2.32. The van der Waals surface area contributed by atoms with Crippen molar-refractivity contribution in [1.29, 1.82) is 0 Å². The van der Waals surface area contributed by atoms with Gasteiger partial charge in [-0.3, -0.25) is 9.89 Å². The van der Waals surface area contributed by atoms with Gasteiger partial charge in [0.1, 0.15) is 0 Å². The number of halogens is 1. The minimum Gasteiger partial charge on any atom is -0.465 e. The molecule has 0 bridgehead atoms. The number of piperidine rings is 1. The van der Waals surface area contributed by atoms with Crippen LogP contribution < -0.4 is 5.32 Å². The predicted octanol–water partition coefficient (Wildman–Crippen LogP) is 4.05. The lowest BCUT2D eigenvalue weighted by Gasteiger charge is -2.44. The van der Waals surface area contributed by atoms with Crippen molar-refractivity contribution in [2.24, 2.45) is 5.41 Å². The molecular weight excluding hydrogens is 413 g/mol. The van der Waals surface area contributed by atoms with Gasteiger partial charge in [0.25, 0.3) is 5.91 Å². The zero-order chi connectivity index (χ0) is 23.0. The van der Waals surface area contributed by atoms with E-state index in [2.05, 4.69) is 20.5 Å². The number of hydrogen-bond acceptors (Lipinski definition) is 4. The quantitative estimate of drug-likeness (QED) is 0.533. The second-order valence-electron chi connectivity index (χ2n) is 9.23. The molecule has 1 fully saturated rings. The lowest BCUT2D eigenvalue weighted by molar-refractivity contribution is 0.0470. The highest BCUT2D eigenvalue weighted by atomic mass is 19.1. The number of likely N-dealkylation sites (tertiary alicyclic amines) is 1. The monoisotopic (exact) mass is 439 g/mol. The lowest BCUT2D eigenvalue weighted by atomic mass is 9.79. The molecule has 1 saturated heterocycles. The van der Waals surface area contributed by atoms with Gasteiger partial charge in [0.05, 0.1) is 5.52 Å². The van der Waals surface area contributed by atoms with Crippen LogP contribution in [0.1, 0.15) is 44.1 Å².